The molecule has 2 heterocycles. The van der Waals surface area contributed by atoms with Crippen molar-refractivity contribution in [1.29, 1.82) is 0 Å². The number of nitrogen functional groups attached to an aromatic ring is 1. The van der Waals surface area contributed by atoms with E-state index in [4.69, 9.17) is 10.5 Å². The average Bonchev–Trinajstić information content (AvgIpc) is 2.73. The third kappa shape index (κ3) is 2.87. The number of ether oxygens (including phenoxy) is 1. The highest BCUT2D eigenvalue weighted by Gasteiger charge is 2.22. The van der Waals surface area contributed by atoms with Crippen molar-refractivity contribution in [1.82, 2.24) is 4.98 Å². The first-order valence-corrected chi connectivity index (χ1v) is 6.97. The number of thiophene rings is 1. The maximum atomic E-state index is 12.2. The zero-order valence-corrected chi connectivity index (χ0v) is 12.7. The van der Waals surface area contributed by atoms with Crippen LogP contribution in [-0.4, -0.2) is 24.0 Å². The zero-order chi connectivity index (χ0) is 15.6. The molecule has 0 fully saturated rings. The number of rotatable bonds is 3. The molecule has 7 heteroatoms. The van der Waals surface area contributed by atoms with Gasteiger partial charge in [0, 0.05) is 11.1 Å². The van der Waals surface area contributed by atoms with Crippen LogP contribution in [0.1, 0.15) is 31.3 Å². The number of esters is 1. The van der Waals surface area contributed by atoms with Gasteiger partial charge in [0.2, 0.25) is 0 Å². The summed E-state index contributed by atoms with van der Waals surface area (Å²) >= 11 is 1.31. The van der Waals surface area contributed by atoms with E-state index in [9.17, 15) is 9.59 Å². The van der Waals surface area contributed by atoms with E-state index in [2.05, 4.69) is 10.3 Å². The Morgan fingerprint density at radius 2 is 2.10 bits per heavy atom. The van der Waals surface area contributed by atoms with Crippen LogP contribution in [0.3, 0.4) is 0 Å². The molecule has 110 valence electrons. The number of pyridine rings is 1. The maximum absolute atomic E-state index is 12.2. The molecule has 0 bridgehead atoms. The Labute approximate surface area is 125 Å². The van der Waals surface area contributed by atoms with Crippen molar-refractivity contribution in [2.24, 2.45) is 0 Å². The van der Waals surface area contributed by atoms with E-state index in [1.54, 1.807) is 12.1 Å². The van der Waals surface area contributed by atoms with Gasteiger partial charge in [0.15, 0.2) is 5.69 Å². The summed E-state index contributed by atoms with van der Waals surface area (Å²) in [5, 5.41) is 3.12. The predicted octanol–water partition coefficient (Wildman–Crippen LogP) is 2.38. The van der Waals surface area contributed by atoms with Gasteiger partial charge in [-0.2, -0.15) is 0 Å². The van der Waals surface area contributed by atoms with Gasteiger partial charge in [0.05, 0.1) is 18.4 Å². The SMILES string of the molecule is COC(=O)c1c(NC(=O)c2ncccc2N)sc(C)c1C. The van der Waals surface area contributed by atoms with Crippen molar-refractivity contribution in [2.75, 3.05) is 18.2 Å². The van der Waals surface area contributed by atoms with Gasteiger partial charge >= 0.3 is 5.97 Å². The van der Waals surface area contributed by atoms with E-state index in [1.165, 1.54) is 24.6 Å². The second-order valence-corrected chi connectivity index (χ2v) is 5.60. The number of aromatic nitrogens is 1. The highest BCUT2D eigenvalue weighted by Crippen LogP contribution is 2.33. The highest BCUT2D eigenvalue weighted by atomic mass is 32.1. The Balaban J connectivity index is 2.36. The van der Waals surface area contributed by atoms with Gasteiger partial charge in [-0.15, -0.1) is 11.3 Å². The number of nitrogens with zero attached hydrogens (tertiary/aromatic N) is 1. The lowest BCUT2D eigenvalue weighted by Gasteiger charge is -2.07. The molecule has 0 unspecified atom stereocenters. The topological polar surface area (TPSA) is 94.3 Å². The van der Waals surface area contributed by atoms with Crippen LogP contribution in [0, 0.1) is 13.8 Å². The molecule has 0 spiro atoms. The van der Waals surface area contributed by atoms with Crippen molar-refractivity contribution in [3.63, 3.8) is 0 Å². The number of aryl methyl sites for hydroxylation is 1. The predicted molar refractivity (Wildman–Crippen MR) is 81.7 cm³/mol. The third-order valence-corrected chi connectivity index (χ3v) is 4.18. The fraction of sp³-hybridized carbons (Fsp3) is 0.214. The fourth-order valence-electron chi connectivity index (χ4n) is 1.83. The Morgan fingerprint density at radius 1 is 1.38 bits per heavy atom. The smallest absolute Gasteiger partial charge is 0.341 e. The lowest BCUT2D eigenvalue weighted by atomic mass is 10.1. The molecule has 0 aliphatic heterocycles. The van der Waals surface area contributed by atoms with Crippen LogP contribution < -0.4 is 11.1 Å². The second-order valence-electron chi connectivity index (χ2n) is 4.37. The molecular formula is C14H15N3O3S. The van der Waals surface area contributed by atoms with Gasteiger partial charge in [0.25, 0.3) is 5.91 Å². The average molecular weight is 305 g/mol. The molecule has 0 aliphatic carbocycles. The molecule has 0 radical (unpaired) electrons. The third-order valence-electron chi connectivity index (χ3n) is 3.06. The second kappa shape index (κ2) is 5.92. The molecular weight excluding hydrogens is 290 g/mol. The Kier molecular flexibility index (Phi) is 4.23. The van der Waals surface area contributed by atoms with Crippen LogP contribution in [0.4, 0.5) is 10.7 Å². The van der Waals surface area contributed by atoms with Gasteiger partial charge in [-0.1, -0.05) is 0 Å². The number of hydrogen-bond acceptors (Lipinski definition) is 6. The first-order valence-electron chi connectivity index (χ1n) is 6.15. The minimum atomic E-state index is -0.485. The summed E-state index contributed by atoms with van der Waals surface area (Å²) in [6, 6.07) is 3.24. The number of anilines is 2. The summed E-state index contributed by atoms with van der Waals surface area (Å²) in [4.78, 5) is 28.9. The van der Waals surface area contributed by atoms with Crippen molar-refractivity contribution in [3.05, 3.63) is 40.0 Å². The summed E-state index contributed by atoms with van der Waals surface area (Å²) in [6.45, 7) is 3.68. The first kappa shape index (κ1) is 15.0. The minimum absolute atomic E-state index is 0.122. The van der Waals surface area contributed by atoms with Crippen LogP contribution in [0.15, 0.2) is 18.3 Å². The van der Waals surface area contributed by atoms with E-state index >= 15 is 0 Å². The molecule has 2 aromatic heterocycles. The number of carbonyl (C=O) groups is 2. The quantitative estimate of drug-likeness (QED) is 0.849. The zero-order valence-electron chi connectivity index (χ0n) is 11.9. The minimum Gasteiger partial charge on any atom is -0.465 e. The number of nitrogens with two attached hydrogens (primary N) is 1. The largest absolute Gasteiger partial charge is 0.465 e. The van der Waals surface area contributed by atoms with E-state index in [0.29, 0.717) is 10.6 Å². The monoisotopic (exact) mass is 305 g/mol. The molecule has 6 nitrogen and oxygen atoms in total. The van der Waals surface area contributed by atoms with Crippen LogP contribution in [-0.2, 0) is 4.74 Å². The normalized spacial score (nSPS) is 10.2. The fourth-order valence-corrected chi connectivity index (χ4v) is 2.88. The molecule has 3 N–H and O–H groups in total. The number of nitrogens with one attached hydrogen (secondary N) is 1. The highest BCUT2D eigenvalue weighted by molar-refractivity contribution is 7.16. The lowest BCUT2D eigenvalue weighted by molar-refractivity contribution is 0.0601. The standard InChI is InChI=1S/C14H15N3O3S/c1-7-8(2)21-13(10(7)14(19)20-3)17-12(18)11-9(15)5-4-6-16-11/h4-6H,15H2,1-3H3,(H,17,18). The molecule has 21 heavy (non-hydrogen) atoms. The van der Waals surface area contributed by atoms with Gasteiger partial charge < -0.3 is 15.8 Å². The van der Waals surface area contributed by atoms with Crippen molar-refractivity contribution in [3.8, 4) is 0 Å². The number of amides is 1. The molecule has 2 aromatic rings. The lowest BCUT2D eigenvalue weighted by Crippen LogP contribution is -2.17. The summed E-state index contributed by atoms with van der Waals surface area (Å²) in [6.07, 6.45) is 1.48. The maximum Gasteiger partial charge on any atom is 0.341 e. The molecule has 0 saturated carbocycles. The van der Waals surface area contributed by atoms with Gasteiger partial charge in [-0.3, -0.25) is 4.79 Å². The van der Waals surface area contributed by atoms with Crippen LogP contribution in [0.25, 0.3) is 0 Å². The molecule has 0 aromatic carbocycles. The Hall–Kier alpha value is -2.41. The molecule has 2 rings (SSSR count). The number of hydrogen-bond donors (Lipinski definition) is 2. The number of methoxy groups -OCH3 is 1. The summed E-state index contributed by atoms with van der Waals surface area (Å²) in [5.74, 6) is -0.944. The van der Waals surface area contributed by atoms with Crippen molar-refractivity contribution in [2.45, 2.75) is 13.8 Å². The Bertz CT molecular complexity index is 709. The summed E-state index contributed by atoms with van der Waals surface area (Å²) in [7, 11) is 1.30. The summed E-state index contributed by atoms with van der Waals surface area (Å²) in [5.41, 5.74) is 7.27. The van der Waals surface area contributed by atoms with E-state index in [-0.39, 0.29) is 11.4 Å². The van der Waals surface area contributed by atoms with Crippen molar-refractivity contribution >= 4 is 33.9 Å². The number of carbonyl (C=O) groups excluding carboxylic acids is 2. The van der Waals surface area contributed by atoms with Gasteiger partial charge in [0.1, 0.15) is 5.00 Å². The molecule has 0 aliphatic rings. The van der Waals surface area contributed by atoms with Gasteiger partial charge in [-0.05, 0) is 31.5 Å². The molecule has 0 atom stereocenters. The van der Waals surface area contributed by atoms with Gasteiger partial charge in [-0.25, -0.2) is 9.78 Å². The first-order chi connectivity index (χ1) is 9.95. The van der Waals surface area contributed by atoms with Crippen LogP contribution in [0.2, 0.25) is 0 Å². The Morgan fingerprint density at radius 3 is 2.71 bits per heavy atom. The summed E-state index contributed by atoms with van der Waals surface area (Å²) < 4.78 is 4.76. The van der Waals surface area contributed by atoms with E-state index in [1.807, 2.05) is 13.8 Å². The van der Waals surface area contributed by atoms with Crippen LogP contribution >= 0.6 is 11.3 Å². The molecule has 1 amide bonds. The van der Waals surface area contributed by atoms with E-state index < -0.39 is 11.9 Å². The van der Waals surface area contributed by atoms with Crippen molar-refractivity contribution < 1.29 is 14.3 Å². The van der Waals surface area contributed by atoms with E-state index in [0.717, 1.165) is 10.4 Å². The molecule has 0 saturated heterocycles. The van der Waals surface area contributed by atoms with Crippen LogP contribution in [0.5, 0.6) is 0 Å².